The normalized spacial score (nSPS) is 10.6. The number of carbonyl (C=O) groups excluding carboxylic acids is 1. The van der Waals surface area contributed by atoms with Gasteiger partial charge in [0.2, 0.25) is 0 Å². The standard InChI is InChI=1S/C16H13BrN2O3/c1-11-10-14(19(21)22)6-7-15(11)18-9-8-16(20)12-2-4-13(17)5-3-12/h2-10,18H,1H3/b9-8+. The number of nitro groups is 1. The number of nitrogens with zero attached hydrogens (tertiary/aromatic N) is 1. The number of carbonyl (C=O) groups is 1. The quantitative estimate of drug-likeness (QED) is 0.369. The first-order valence-electron chi connectivity index (χ1n) is 6.45. The highest BCUT2D eigenvalue weighted by Crippen LogP contribution is 2.21. The molecule has 112 valence electrons. The molecule has 5 nitrogen and oxygen atoms in total. The van der Waals surface area contributed by atoms with Gasteiger partial charge in [0.25, 0.3) is 5.69 Å². The van der Waals surface area contributed by atoms with Crippen LogP contribution in [-0.4, -0.2) is 10.7 Å². The Balaban J connectivity index is 2.04. The third kappa shape index (κ3) is 4.02. The highest BCUT2D eigenvalue weighted by Gasteiger charge is 2.07. The number of hydrogen-bond acceptors (Lipinski definition) is 4. The molecule has 0 aromatic heterocycles. The van der Waals surface area contributed by atoms with Gasteiger partial charge in [0.05, 0.1) is 4.92 Å². The second-order valence-corrected chi connectivity index (χ2v) is 5.52. The maximum absolute atomic E-state index is 11.9. The van der Waals surface area contributed by atoms with Crippen molar-refractivity contribution in [3.63, 3.8) is 0 Å². The topological polar surface area (TPSA) is 72.2 Å². The van der Waals surface area contributed by atoms with E-state index in [1.807, 2.05) is 0 Å². The van der Waals surface area contributed by atoms with E-state index in [0.717, 1.165) is 10.0 Å². The molecule has 1 N–H and O–H groups in total. The summed E-state index contributed by atoms with van der Waals surface area (Å²) in [6.07, 6.45) is 2.95. The van der Waals surface area contributed by atoms with Gasteiger partial charge in [-0.05, 0) is 42.8 Å². The van der Waals surface area contributed by atoms with Gasteiger partial charge in [-0.3, -0.25) is 14.9 Å². The molecule has 2 aromatic rings. The molecule has 0 aliphatic heterocycles. The van der Waals surface area contributed by atoms with E-state index in [1.54, 1.807) is 37.3 Å². The number of aryl methyl sites for hydroxylation is 1. The molecule has 0 atom stereocenters. The molecule has 0 unspecified atom stereocenters. The van der Waals surface area contributed by atoms with Gasteiger partial charge in [0.1, 0.15) is 0 Å². The summed E-state index contributed by atoms with van der Waals surface area (Å²) in [5.74, 6) is -0.125. The van der Waals surface area contributed by atoms with Crippen molar-refractivity contribution < 1.29 is 9.72 Å². The van der Waals surface area contributed by atoms with E-state index in [-0.39, 0.29) is 11.5 Å². The minimum atomic E-state index is -0.441. The number of hydrogen-bond donors (Lipinski definition) is 1. The summed E-state index contributed by atoms with van der Waals surface area (Å²) in [6, 6.07) is 11.6. The van der Waals surface area contributed by atoms with Crippen molar-refractivity contribution in [1.29, 1.82) is 0 Å². The number of allylic oxidation sites excluding steroid dienone is 1. The predicted molar refractivity (Wildman–Crippen MR) is 89.1 cm³/mol. The lowest BCUT2D eigenvalue weighted by molar-refractivity contribution is -0.384. The molecule has 0 bridgehead atoms. The number of halogens is 1. The Morgan fingerprint density at radius 2 is 1.91 bits per heavy atom. The number of ketones is 1. The molecule has 2 aromatic carbocycles. The SMILES string of the molecule is Cc1cc([N+](=O)[O-])ccc1N/C=C/C(=O)c1ccc(Br)cc1. The van der Waals surface area contributed by atoms with Gasteiger partial charge in [-0.25, -0.2) is 0 Å². The second kappa shape index (κ2) is 7.00. The molecule has 0 saturated carbocycles. The zero-order chi connectivity index (χ0) is 16.1. The van der Waals surface area contributed by atoms with Gasteiger partial charge in [-0.1, -0.05) is 15.9 Å². The van der Waals surface area contributed by atoms with E-state index in [4.69, 9.17) is 0 Å². The summed E-state index contributed by atoms with van der Waals surface area (Å²) in [5.41, 5.74) is 2.07. The molecule has 0 saturated heterocycles. The number of non-ortho nitro benzene ring substituents is 1. The number of benzene rings is 2. The van der Waals surface area contributed by atoms with Crippen molar-refractivity contribution >= 4 is 33.1 Å². The summed E-state index contributed by atoms with van der Waals surface area (Å²) >= 11 is 3.31. The lowest BCUT2D eigenvalue weighted by Crippen LogP contribution is -1.97. The van der Waals surface area contributed by atoms with Crippen molar-refractivity contribution in [3.05, 3.63) is 80.5 Å². The van der Waals surface area contributed by atoms with Crippen LogP contribution in [0.15, 0.2) is 59.2 Å². The highest BCUT2D eigenvalue weighted by molar-refractivity contribution is 9.10. The van der Waals surface area contributed by atoms with Crippen molar-refractivity contribution in [2.45, 2.75) is 6.92 Å². The minimum Gasteiger partial charge on any atom is -0.361 e. The predicted octanol–water partition coefficient (Wildman–Crippen LogP) is 4.47. The van der Waals surface area contributed by atoms with Crippen LogP contribution < -0.4 is 5.32 Å². The Labute approximate surface area is 135 Å². The maximum atomic E-state index is 11.9. The van der Waals surface area contributed by atoms with Crippen LogP contribution in [0.5, 0.6) is 0 Å². The first-order valence-corrected chi connectivity index (χ1v) is 7.24. The number of anilines is 1. The summed E-state index contributed by atoms with van der Waals surface area (Å²) < 4.78 is 0.910. The zero-order valence-corrected chi connectivity index (χ0v) is 13.3. The van der Waals surface area contributed by atoms with E-state index in [9.17, 15) is 14.9 Å². The smallest absolute Gasteiger partial charge is 0.269 e. The largest absolute Gasteiger partial charge is 0.361 e. The van der Waals surface area contributed by atoms with Crippen molar-refractivity contribution in [2.24, 2.45) is 0 Å². The molecule has 0 fully saturated rings. The average Bonchev–Trinajstić information content (AvgIpc) is 2.49. The molecule has 0 aliphatic carbocycles. The van der Waals surface area contributed by atoms with Crippen molar-refractivity contribution in [1.82, 2.24) is 0 Å². The molecule has 0 amide bonds. The van der Waals surface area contributed by atoms with E-state index < -0.39 is 4.92 Å². The Morgan fingerprint density at radius 3 is 2.50 bits per heavy atom. The van der Waals surface area contributed by atoms with Gasteiger partial charge in [-0.2, -0.15) is 0 Å². The van der Waals surface area contributed by atoms with Gasteiger partial charge in [0.15, 0.2) is 5.78 Å². The van der Waals surface area contributed by atoms with Crippen molar-refractivity contribution in [3.8, 4) is 0 Å². The average molecular weight is 361 g/mol. The van der Waals surface area contributed by atoms with E-state index in [0.29, 0.717) is 11.3 Å². The fourth-order valence-corrected chi connectivity index (χ4v) is 2.11. The van der Waals surface area contributed by atoms with Crippen molar-refractivity contribution in [2.75, 3.05) is 5.32 Å². The van der Waals surface area contributed by atoms with Crippen LogP contribution in [-0.2, 0) is 0 Å². The highest BCUT2D eigenvalue weighted by atomic mass is 79.9. The first kappa shape index (κ1) is 15.9. The molecule has 6 heteroatoms. The lowest BCUT2D eigenvalue weighted by atomic mass is 10.1. The van der Waals surface area contributed by atoms with Crippen LogP contribution >= 0.6 is 15.9 Å². The van der Waals surface area contributed by atoms with E-state index >= 15 is 0 Å². The molecule has 2 rings (SSSR count). The maximum Gasteiger partial charge on any atom is 0.269 e. The van der Waals surface area contributed by atoms with Crippen LogP contribution in [0.25, 0.3) is 0 Å². The van der Waals surface area contributed by atoms with E-state index in [1.165, 1.54) is 24.4 Å². The van der Waals surface area contributed by atoms with Crippen LogP contribution in [0.4, 0.5) is 11.4 Å². The molecule has 0 aliphatic rings. The minimum absolute atomic E-state index is 0.0398. The van der Waals surface area contributed by atoms with Gasteiger partial charge in [-0.15, -0.1) is 0 Å². The Hall–Kier alpha value is -2.47. The molecular weight excluding hydrogens is 348 g/mol. The van der Waals surface area contributed by atoms with Crippen LogP contribution in [0, 0.1) is 17.0 Å². The molecule has 0 heterocycles. The first-order chi connectivity index (χ1) is 10.5. The fraction of sp³-hybridized carbons (Fsp3) is 0.0625. The summed E-state index contributed by atoms with van der Waals surface area (Å²) in [4.78, 5) is 22.2. The number of nitro benzene ring substituents is 1. The Kier molecular flexibility index (Phi) is 5.06. The number of rotatable bonds is 5. The summed E-state index contributed by atoms with van der Waals surface area (Å²) in [6.45, 7) is 1.76. The fourth-order valence-electron chi connectivity index (χ4n) is 1.84. The molecule has 22 heavy (non-hydrogen) atoms. The lowest BCUT2D eigenvalue weighted by Gasteiger charge is -2.04. The van der Waals surface area contributed by atoms with Crippen LogP contribution in [0.2, 0.25) is 0 Å². The Bertz CT molecular complexity index is 740. The summed E-state index contributed by atoms with van der Waals surface area (Å²) in [7, 11) is 0. The Morgan fingerprint density at radius 1 is 1.23 bits per heavy atom. The molecule has 0 radical (unpaired) electrons. The zero-order valence-electron chi connectivity index (χ0n) is 11.7. The monoisotopic (exact) mass is 360 g/mol. The van der Waals surface area contributed by atoms with Gasteiger partial charge < -0.3 is 5.32 Å². The molecular formula is C16H13BrN2O3. The third-order valence-corrected chi connectivity index (χ3v) is 3.55. The van der Waals surface area contributed by atoms with Crippen LogP contribution in [0.1, 0.15) is 15.9 Å². The van der Waals surface area contributed by atoms with E-state index in [2.05, 4.69) is 21.2 Å². The summed E-state index contributed by atoms with van der Waals surface area (Å²) in [5, 5.41) is 13.6. The van der Waals surface area contributed by atoms with Gasteiger partial charge >= 0.3 is 0 Å². The number of nitrogens with one attached hydrogen (secondary N) is 1. The third-order valence-electron chi connectivity index (χ3n) is 3.02. The van der Waals surface area contributed by atoms with Crippen LogP contribution in [0.3, 0.4) is 0 Å². The molecule has 0 spiro atoms. The van der Waals surface area contributed by atoms with Gasteiger partial charge in [0, 0.05) is 40.1 Å². The second-order valence-electron chi connectivity index (χ2n) is 4.61.